The Kier molecular flexibility index (Phi) is 2.82. The number of aryl methyl sites for hydroxylation is 1. The van der Waals surface area contributed by atoms with Gasteiger partial charge in [0.1, 0.15) is 5.82 Å². The normalized spacial score (nSPS) is 10.3. The van der Waals surface area contributed by atoms with Crippen LogP contribution >= 0.6 is 15.9 Å². The van der Waals surface area contributed by atoms with Gasteiger partial charge in [-0.25, -0.2) is 4.39 Å². The van der Waals surface area contributed by atoms with Crippen LogP contribution in [-0.2, 0) is 0 Å². The van der Waals surface area contributed by atoms with Crippen LogP contribution in [0.5, 0.6) is 0 Å². The highest BCUT2D eigenvalue weighted by molar-refractivity contribution is 9.10. The average Bonchev–Trinajstić information content (AvgIpc) is 2.17. The highest BCUT2D eigenvalue weighted by Crippen LogP contribution is 2.26. The topological polar surface area (TPSA) is 12.9 Å². The van der Waals surface area contributed by atoms with E-state index in [0.29, 0.717) is 0 Å². The molecule has 76 valence electrons. The number of hydrogen-bond acceptors (Lipinski definition) is 1. The first kappa shape index (κ1) is 10.3. The lowest BCUT2D eigenvalue weighted by Crippen LogP contribution is -1.87. The predicted molar refractivity (Wildman–Crippen MR) is 62.1 cm³/mol. The van der Waals surface area contributed by atoms with Gasteiger partial charge in [-0.2, -0.15) is 0 Å². The van der Waals surface area contributed by atoms with Crippen molar-refractivity contribution in [2.75, 3.05) is 0 Å². The second kappa shape index (κ2) is 4.11. The molecule has 0 saturated carbocycles. The molecule has 0 unspecified atom stereocenters. The van der Waals surface area contributed by atoms with Gasteiger partial charge in [0.15, 0.2) is 0 Å². The molecule has 1 aromatic heterocycles. The summed E-state index contributed by atoms with van der Waals surface area (Å²) in [7, 11) is 0. The Balaban J connectivity index is 2.54. The van der Waals surface area contributed by atoms with E-state index in [-0.39, 0.29) is 5.82 Å². The van der Waals surface area contributed by atoms with Crippen LogP contribution in [0.3, 0.4) is 0 Å². The maximum atomic E-state index is 13.0. The minimum Gasteiger partial charge on any atom is -0.255 e. The first-order valence-electron chi connectivity index (χ1n) is 4.55. The van der Waals surface area contributed by atoms with Crippen LogP contribution in [0, 0.1) is 12.7 Å². The second-order valence-corrected chi connectivity index (χ2v) is 4.21. The molecule has 0 aliphatic carbocycles. The lowest BCUT2D eigenvalue weighted by molar-refractivity contribution is 0.628. The molecule has 1 heterocycles. The molecule has 0 spiro atoms. The van der Waals surface area contributed by atoms with Crippen LogP contribution in [0.1, 0.15) is 5.56 Å². The lowest BCUT2D eigenvalue weighted by Gasteiger charge is -2.04. The number of aromatic nitrogens is 1. The largest absolute Gasteiger partial charge is 0.255 e. The van der Waals surface area contributed by atoms with Crippen molar-refractivity contribution in [3.8, 4) is 11.3 Å². The highest BCUT2D eigenvalue weighted by atomic mass is 79.9. The van der Waals surface area contributed by atoms with Crippen molar-refractivity contribution in [3.05, 3.63) is 52.4 Å². The van der Waals surface area contributed by atoms with E-state index in [4.69, 9.17) is 0 Å². The summed E-state index contributed by atoms with van der Waals surface area (Å²) in [6, 6.07) is 8.38. The number of benzene rings is 1. The van der Waals surface area contributed by atoms with E-state index in [9.17, 15) is 4.39 Å². The highest BCUT2D eigenvalue weighted by Gasteiger charge is 2.05. The number of pyridine rings is 1. The van der Waals surface area contributed by atoms with Gasteiger partial charge < -0.3 is 0 Å². The molecule has 3 heteroatoms. The van der Waals surface area contributed by atoms with E-state index >= 15 is 0 Å². The van der Waals surface area contributed by atoms with Crippen molar-refractivity contribution in [1.29, 1.82) is 0 Å². The summed E-state index contributed by atoms with van der Waals surface area (Å²) in [4.78, 5) is 4.28. The fraction of sp³-hybridized carbons (Fsp3) is 0.0833. The smallest absolute Gasteiger partial charge is 0.123 e. The first-order valence-corrected chi connectivity index (χ1v) is 5.34. The molecule has 0 radical (unpaired) electrons. The summed E-state index contributed by atoms with van der Waals surface area (Å²) in [6.07, 6.45) is 1.77. The fourth-order valence-corrected chi connectivity index (χ4v) is 2.07. The molecule has 0 aliphatic heterocycles. The second-order valence-electron chi connectivity index (χ2n) is 3.35. The van der Waals surface area contributed by atoms with E-state index < -0.39 is 0 Å². The third kappa shape index (κ3) is 2.23. The van der Waals surface area contributed by atoms with Crippen molar-refractivity contribution >= 4 is 15.9 Å². The summed E-state index contributed by atoms with van der Waals surface area (Å²) >= 11 is 3.42. The van der Waals surface area contributed by atoms with Crippen LogP contribution in [0.2, 0.25) is 0 Å². The molecule has 0 atom stereocenters. The van der Waals surface area contributed by atoms with Crippen LogP contribution < -0.4 is 0 Å². The summed E-state index contributed by atoms with van der Waals surface area (Å²) in [6.45, 7) is 1.97. The van der Waals surface area contributed by atoms with Crippen LogP contribution in [-0.4, -0.2) is 4.98 Å². The molecule has 2 rings (SSSR count). The van der Waals surface area contributed by atoms with Gasteiger partial charge >= 0.3 is 0 Å². The molecule has 0 N–H and O–H groups in total. The monoisotopic (exact) mass is 265 g/mol. The zero-order valence-electron chi connectivity index (χ0n) is 8.17. The summed E-state index contributed by atoms with van der Waals surface area (Å²) in [5.74, 6) is -0.248. The van der Waals surface area contributed by atoms with Gasteiger partial charge in [-0.05, 0) is 46.6 Å². The van der Waals surface area contributed by atoms with Gasteiger partial charge in [0.25, 0.3) is 0 Å². The van der Waals surface area contributed by atoms with E-state index in [0.717, 1.165) is 21.3 Å². The third-order valence-corrected chi connectivity index (χ3v) is 2.68. The number of nitrogens with zero attached hydrogens (tertiary/aromatic N) is 1. The number of hydrogen-bond donors (Lipinski definition) is 0. The first-order chi connectivity index (χ1) is 7.16. The molecule has 0 fully saturated rings. The van der Waals surface area contributed by atoms with Gasteiger partial charge in [0.05, 0.1) is 5.69 Å². The molecule has 15 heavy (non-hydrogen) atoms. The van der Waals surface area contributed by atoms with Crippen molar-refractivity contribution in [1.82, 2.24) is 4.98 Å². The van der Waals surface area contributed by atoms with Crippen molar-refractivity contribution in [2.45, 2.75) is 6.92 Å². The maximum Gasteiger partial charge on any atom is 0.123 e. The predicted octanol–water partition coefficient (Wildman–Crippen LogP) is 3.96. The fourth-order valence-electron chi connectivity index (χ4n) is 1.38. The minimum atomic E-state index is -0.248. The molecule has 1 aromatic carbocycles. The molecule has 0 aliphatic rings. The van der Waals surface area contributed by atoms with Gasteiger partial charge in [0.2, 0.25) is 0 Å². The Hall–Kier alpha value is -1.22. The van der Waals surface area contributed by atoms with Gasteiger partial charge in [-0.1, -0.05) is 12.1 Å². The Bertz CT molecular complexity index is 497. The van der Waals surface area contributed by atoms with E-state index in [2.05, 4.69) is 20.9 Å². The SMILES string of the molecule is Cc1cnc(-c2cccc(F)c2)c(Br)c1. The molecular formula is C12H9BrFN. The number of halogens is 2. The zero-order chi connectivity index (χ0) is 10.8. The quantitative estimate of drug-likeness (QED) is 0.761. The standard InChI is InChI=1S/C12H9BrFN/c1-8-5-11(13)12(15-7-8)9-3-2-4-10(14)6-9/h2-7H,1H3. The molecular weight excluding hydrogens is 257 g/mol. The Morgan fingerprint density at radius 3 is 2.73 bits per heavy atom. The molecule has 0 saturated heterocycles. The van der Waals surface area contributed by atoms with Gasteiger partial charge in [0, 0.05) is 16.2 Å². The Morgan fingerprint density at radius 2 is 2.07 bits per heavy atom. The van der Waals surface area contributed by atoms with Crippen LogP contribution in [0.25, 0.3) is 11.3 Å². The maximum absolute atomic E-state index is 13.0. The van der Waals surface area contributed by atoms with Crippen LogP contribution in [0.15, 0.2) is 41.0 Å². The third-order valence-electron chi connectivity index (χ3n) is 2.08. The van der Waals surface area contributed by atoms with E-state index in [1.165, 1.54) is 12.1 Å². The Morgan fingerprint density at radius 1 is 1.27 bits per heavy atom. The van der Waals surface area contributed by atoms with Crippen molar-refractivity contribution < 1.29 is 4.39 Å². The Labute approximate surface area is 96.1 Å². The molecule has 0 amide bonds. The average molecular weight is 266 g/mol. The molecule has 2 aromatic rings. The zero-order valence-corrected chi connectivity index (χ0v) is 9.75. The molecule has 0 bridgehead atoms. The van der Waals surface area contributed by atoms with Gasteiger partial charge in [-0.3, -0.25) is 4.98 Å². The van der Waals surface area contributed by atoms with E-state index in [1.807, 2.05) is 19.1 Å². The van der Waals surface area contributed by atoms with E-state index in [1.54, 1.807) is 12.3 Å². The lowest BCUT2D eigenvalue weighted by atomic mass is 10.1. The summed E-state index contributed by atoms with van der Waals surface area (Å²) < 4.78 is 13.9. The van der Waals surface area contributed by atoms with Gasteiger partial charge in [-0.15, -0.1) is 0 Å². The minimum absolute atomic E-state index is 0.248. The summed E-state index contributed by atoms with van der Waals surface area (Å²) in [5.41, 5.74) is 2.61. The van der Waals surface area contributed by atoms with Crippen LogP contribution in [0.4, 0.5) is 4.39 Å². The summed E-state index contributed by atoms with van der Waals surface area (Å²) in [5, 5.41) is 0. The van der Waals surface area contributed by atoms with Crippen molar-refractivity contribution in [3.63, 3.8) is 0 Å². The molecule has 1 nitrogen and oxygen atoms in total. The number of rotatable bonds is 1. The van der Waals surface area contributed by atoms with Crippen molar-refractivity contribution in [2.24, 2.45) is 0 Å².